The molecule has 0 atom stereocenters. The zero-order valence-electron chi connectivity index (χ0n) is 35.3. The first-order valence-electron chi connectivity index (χ1n) is 19.8. The van der Waals surface area contributed by atoms with Crippen LogP contribution in [0.2, 0.25) is 0 Å². The van der Waals surface area contributed by atoms with Crippen molar-refractivity contribution in [1.29, 1.82) is 10.5 Å². The molecule has 0 bridgehead atoms. The lowest BCUT2D eigenvalue weighted by Gasteiger charge is -2.30. The Hall–Kier alpha value is -6.58. The number of anilines is 3. The first-order valence-corrected chi connectivity index (χ1v) is 19.8. The summed E-state index contributed by atoms with van der Waals surface area (Å²) >= 11 is 0. The number of benzene rings is 3. The molecule has 9 nitrogen and oxygen atoms in total. The Morgan fingerprint density at radius 2 is 1.05 bits per heavy atom. The Bertz CT molecular complexity index is 2200. The second-order valence-corrected chi connectivity index (χ2v) is 16.1. The molecule has 5 rings (SSSR count). The van der Waals surface area contributed by atoms with Crippen LogP contribution in [0.3, 0.4) is 0 Å². The molecule has 304 valence electrons. The van der Waals surface area contributed by atoms with Crippen molar-refractivity contribution in [2.24, 2.45) is 10.8 Å². The first kappa shape index (κ1) is 43.5. The fourth-order valence-corrected chi connectivity index (χ4v) is 7.72. The predicted octanol–water partition coefficient (Wildman–Crippen LogP) is 11.5. The highest BCUT2D eigenvalue weighted by Gasteiger charge is 2.30. The molecule has 0 radical (unpaired) electrons. The number of ether oxygens (including phenoxy) is 4. The van der Waals surface area contributed by atoms with Gasteiger partial charge in [-0.1, -0.05) is 82.4 Å². The zero-order valence-corrected chi connectivity index (χ0v) is 35.3. The van der Waals surface area contributed by atoms with Gasteiger partial charge in [-0.25, -0.2) is 9.59 Å². The maximum absolute atomic E-state index is 12.6. The number of para-hydroxylation sites is 1. The van der Waals surface area contributed by atoms with Crippen molar-refractivity contribution in [2.75, 3.05) is 32.3 Å². The third-order valence-corrected chi connectivity index (χ3v) is 10.2. The van der Waals surface area contributed by atoms with Crippen molar-refractivity contribution in [3.8, 4) is 23.6 Å². The molecule has 2 aliphatic carbocycles. The summed E-state index contributed by atoms with van der Waals surface area (Å²) < 4.78 is 22.2. The maximum Gasteiger partial charge on any atom is 0.349 e. The SMILES string of the molecule is CCOC(=O)/C(C#N)=C1C=C(/C=C/c2ccc(N(c3ccccc3)c3ccc(/C=C/C4=CC(=C(\C#N)C(=O)OCC)/CC(C)(C)C4)c(OC)c3)cc2OC)CC(C)(C)C\1. The number of rotatable bonds is 13. The van der Waals surface area contributed by atoms with Crippen LogP contribution in [0, 0.1) is 33.5 Å². The monoisotopic (exact) mass is 791 g/mol. The number of carbonyl (C=O) groups excluding carboxylic acids is 2. The molecule has 0 saturated carbocycles. The second-order valence-electron chi connectivity index (χ2n) is 16.1. The molecule has 3 aromatic rings. The molecule has 3 aromatic carbocycles. The molecule has 0 saturated heterocycles. The molecule has 0 spiro atoms. The van der Waals surface area contributed by atoms with Gasteiger partial charge in [0.2, 0.25) is 0 Å². The fourth-order valence-electron chi connectivity index (χ4n) is 7.72. The topological polar surface area (TPSA) is 122 Å². The lowest BCUT2D eigenvalue weighted by atomic mass is 9.74. The van der Waals surface area contributed by atoms with Gasteiger partial charge in [0.25, 0.3) is 0 Å². The average molecular weight is 792 g/mol. The number of nitrogens with zero attached hydrogens (tertiary/aromatic N) is 3. The highest BCUT2D eigenvalue weighted by Crippen LogP contribution is 2.43. The average Bonchev–Trinajstić information content (AvgIpc) is 3.20. The van der Waals surface area contributed by atoms with Crippen molar-refractivity contribution >= 4 is 41.2 Å². The summed E-state index contributed by atoms with van der Waals surface area (Å²) in [4.78, 5) is 27.3. The van der Waals surface area contributed by atoms with Crippen LogP contribution in [0.15, 0.2) is 124 Å². The van der Waals surface area contributed by atoms with Crippen LogP contribution in [0.25, 0.3) is 12.2 Å². The molecule has 0 N–H and O–H groups in total. The molecule has 59 heavy (non-hydrogen) atoms. The number of nitriles is 2. The van der Waals surface area contributed by atoms with Gasteiger partial charge < -0.3 is 23.8 Å². The van der Waals surface area contributed by atoms with Crippen LogP contribution in [0.4, 0.5) is 17.1 Å². The van der Waals surface area contributed by atoms with Crippen LogP contribution >= 0.6 is 0 Å². The molecule has 0 fully saturated rings. The van der Waals surface area contributed by atoms with E-state index in [9.17, 15) is 20.1 Å². The van der Waals surface area contributed by atoms with E-state index in [4.69, 9.17) is 18.9 Å². The van der Waals surface area contributed by atoms with Crippen LogP contribution in [-0.4, -0.2) is 39.4 Å². The van der Waals surface area contributed by atoms with Crippen LogP contribution in [-0.2, 0) is 19.1 Å². The second kappa shape index (κ2) is 19.2. The van der Waals surface area contributed by atoms with Crippen LogP contribution in [0.1, 0.15) is 78.4 Å². The number of carbonyl (C=O) groups is 2. The van der Waals surface area contributed by atoms with Gasteiger partial charge >= 0.3 is 11.9 Å². The molecule has 0 amide bonds. The van der Waals surface area contributed by atoms with Crippen LogP contribution < -0.4 is 14.4 Å². The van der Waals surface area contributed by atoms with Gasteiger partial charge in [-0.3, -0.25) is 0 Å². The van der Waals surface area contributed by atoms with Gasteiger partial charge in [0.15, 0.2) is 0 Å². The van der Waals surface area contributed by atoms with E-state index in [2.05, 4.69) is 44.7 Å². The van der Waals surface area contributed by atoms with Crippen molar-refractivity contribution < 1.29 is 28.5 Å². The van der Waals surface area contributed by atoms with Gasteiger partial charge in [-0.05, 0) is 109 Å². The smallest absolute Gasteiger partial charge is 0.349 e. The largest absolute Gasteiger partial charge is 0.496 e. The van der Waals surface area contributed by atoms with Crippen molar-refractivity contribution in [1.82, 2.24) is 0 Å². The fraction of sp³-hybridized carbons (Fsp3) is 0.320. The minimum atomic E-state index is -0.594. The highest BCUT2D eigenvalue weighted by molar-refractivity contribution is 5.95. The summed E-state index contributed by atoms with van der Waals surface area (Å²) in [5, 5.41) is 19.6. The number of methoxy groups -OCH3 is 2. The third kappa shape index (κ3) is 10.9. The zero-order chi connectivity index (χ0) is 42.7. The molecular formula is C50H53N3O6. The van der Waals surface area contributed by atoms with Gasteiger partial charge in [0, 0.05) is 40.3 Å². The van der Waals surface area contributed by atoms with Crippen molar-refractivity contribution in [3.63, 3.8) is 0 Å². The number of hydrogen-bond donors (Lipinski definition) is 0. The lowest BCUT2D eigenvalue weighted by molar-refractivity contribution is -0.139. The van der Waals surface area contributed by atoms with Crippen LogP contribution in [0.5, 0.6) is 11.5 Å². The van der Waals surface area contributed by atoms with E-state index >= 15 is 0 Å². The van der Waals surface area contributed by atoms with Gasteiger partial charge in [-0.2, -0.15) is 10.5 Å². The minimum Gasteiger partial charge on any atom is -0.496 e. The predicted molar refractivity (Wildman–Crippen MR) is 233 cm³/mol. The maximum atomic E-state index is 12.6. The first-order chi connectivity index (χ1) is 28.2. The Labute approximate surface area is 348 Å². The molecule has 0 aliphatic heterocycles. The number of hydrogen-bond acceptors (Lipinski definition) is 9. The Kier molecular flexibility index (Phi) is 14.2. The lowest BCUT2D eigenvalue weighted by Crippen LogP contribution is -2.19. The highest BCUT2D eigenvalue weighted by atomic mass is 16.5. The quantitative estimate of drug-likeness (QED) is 0.0945. The van der Waals surface area contributed by atoms with E-state index < -0.39 is 11.9 Å². The van der Waals surface area contributed by atoms with Crippen molar-refractivity contribution in [3.05, 3.63) is 136 Å². The summed E-state index contributed by atoms with van der Waals surface area (Å²) in [5.41, 5.74) is 7.55. The minimum absolute atomic E-state index is 0.0498. The van der Waals surface area contributed by atoms with Crippen molar-refractivity contribution in [2.45, 2.75) is 67.2 Å². The standard InChI is InChI=1S/C50H53N3O6/c1-9-58-47(54)43(32-51)38-24-34(28-49(3,4)30-38)16-18-36-20-22-41(26-45(36)56-7)53(40-14-12-11-13-15-40)42-23-21-37(46(27-42)57-8)19-17-35-25-39(31-50(5,6)29-35)44(33-52)48(55)59-10-2/h11-27H,9-10,28-31H2,1-8H3/b18-16+,19-17+,43-38-,44-39+. The molecule has 9 heteroatoms. The summed E-state index contributed by atoms with van der Waals surface area (Å²) in [6.45, 7) is 12.4. The van der Waals surface area contributed by atoms with E-state index in [1.54, 1.807) is 28.1 Å². The van der Waals surface area contributed by atoms with Gasteiger partial charge in [-0.15, -0.1) is 0 Å². The van der Waals surface area contributed by atoms with E-state index in [1.165, 1.54) is 0 Å². The van der Waals surface area contributed by atoms with Gasteiger partial charge in [0.05, 0.1) is 27.4 Å². The summed E-state index contributed by atoms with van der Waals surface area (Å²) in [7, 11) is 3.30. The normalized spacial score (nSPS) is 17.5. The summed E-state index contributed by atoms with van der Waals surface area (Å²) in [6, 6.07) is 26.3. The van der Waals surface area contributed by atoms with E-state index in [0.717, 1.165) is 52.2 Å². The number of allylic oxidation sites excluding steroid dienone is 8. The molecule has 2 aliphatic rings. The van der Waals surface area contributed by atoms with E-state index in [0.29, 0.717) is 35.5 Å². The molecular weight excluding hydrogens is 739 g/mol. The summed E-state index contributed by atoms with van der Waals surface area (Å²) in [5.74, 6) is 0.148. The third-order valence-electron chi connectivity index (χ3n) is 10.2. The Morgan fingerprint density at radius 3 is 1.42 bits per heavy atom. The Morgan fingerprint density at radius 1 is 0.627 bits per heavy atom. The van der Waals surface area contributed by atoms with Gasteiger partial charge in [0.1, 0.15) is 34.8 Å². The number of esters is 2. The molecule has 0 unspecified atom stereocenters. The molecule has 0 aromatic heterocycles. The Balaban J connectivity index is 1.50. The van der Waals surface area contributed by atoms with E-state index in [-0.39, 0.29) is 35.2 Å². The summed E-state index contributed by atoms with van der Waals surface area (Å²) in [6.07, 6.45) is 14.6. The van der Waals surface area contributed by atoms with E-state index in [1.807, 2.05) is 103 Å². The molecule has 0 heterocycles.